The Morgan fingerprint density at radius 1 is 1.53 bits per heavy atom. The van der Waals surface area contributed by atoms with E-state index in [-0.39, 0.29) is 17.5 Å². The number of benzene rings is 1. The highest BCUT2D eigenvalue weighted by molar-refractivity contribution is 5.95. The third kappa shape index (κ3) is 3.27. The maximum atomic E-state index is 13.5. The number of para-hydroxylation sites is 1. The summed E-state index contributed by atoms with van der Waals surface area (Å²) < 4.78 is 13.5. The number of nitrogens with one attached hydrogen (secondary N) is 1. The molecule has 0 fully saturated rings. The molecule has 0 aliphatic heterocycles. The van der Waals surface area contributed by atoms with E-state index in [2.05, 4.69) is 5.32 Å². The van der Waals surface area contributed by atoms with E-state index in [9.17, 15) is 9.18 Å². The Morgan fingerprint density at radius 3 is 2.71 bits per heavy atom. The topological polar surface area (TPSA) is 55.1 Å². The summed E-state index contributed by atoms with van der Waals surface area (Å²) in [5.74, 6) is -0.704. The number of anilines is 1. The molecular weight excluding hydrogens is 219 g/mol. The molecule has 94 valence electrons. The molecule has 1 unspecified atom stereocenters. The maximum absolute atomic E-state index is 13.5. The second kappa shape index (κ2) is 5.77. The molecule has 1 aromatic rings. The Bertz CT molecular complexity index is 386. The molecule has 0 heterocycles. The molecule has 3 nitrogen and oxygen atoms in total. The van der Waals surface area contributed by atoms with Crippen molar-refractivity contribution in [1.29, 1.82) is 0 Å². The first-order valence-corrected chi connectivity index (χ1v) is 5.79. The minimum atomic E-state index is -0.612. The third-order valence-electron chi connectivity index (χ3n) is 3.03. The van der Waals surface area contributed by atoms with Gasteiger partial charge in [-0.3, -0.25) is 4.79 Å². The zero-order valence-corrected chi connectivity index (χ0v) is 10.5. The van der Waals surface area contributed by atoms with Gasteiger partial charge in [0, 0.05) is 0 Å². The molecule has 0 aromatic heterocycles. The fourth-order valence-corrected chi connectivity index (χ4v) is 1.51. The van der Waals surface area contributed by atoms with Crippen LogP contribution in [0.4, 0.5) is 10.1 Å². The molecule has 0 radical (unpaired) electrons. The summed E-state index contributed by atoms with van der Waals surface area (Å²) >= 11 is 0. The molecular formula is C13H19FN2O. The standard InChI is InChI=1S/C13H19FN2O/c1-4-8(2)11(15)13(17)16-12-9(3)6-5-7-10(12)14/h5-8,11H,4,15H2,1-3H3,(H,16,17)/t8?,11-/m0/s1. The zero-order valence-electron chi connectivity index (χ0n) is 10.5. The van der Waals surface area contributed by atoms with Crippen LogP contribution in [0.2, 0.25) is 0 Å². The average molecular weight is 238 g/mol. The first-order chi connectivity index (χ1) is 7.97. The van der Waals surface area contributed by atoms with Crippen LogP contribution in [0.1, 0.15) is 25.8 Å². The molecule has 4 heteroatoms. The van der Waals surface area contributed by atoms with Crippen molar-refractivity contribution in [2.24, 2.45) is 11.7 Å². The molecule has 0 saturated heterocycles. The second-order valence-corrected chi connectivity index (χ2v) is 4.33. The van der Waals surface area contributed by atoms with Crippen molar-refractivity contribution in [3.63, 3.8) is 0 Å². The molecule has 1 aromatic carbocycles. The number of carbonyl (C=O) groups is 1. The molecule has 0 aliphatic carbocycles. The van der Waals surface area contributed by atoms with Crippen LogP contribution in [0.25, 0.3) is 0 Å². The van der Waals surface area contributed by atoms with E-state index in [0.717, 1.165) is 6.42 Å². The predicted molar refractivity (Wildman–Crippen MR) is 67.2 cm³/mol. The lowest BCUT2D eigenvalue weighted by Crippen LogP contribution is -2.40. The number of aryl methyl sites for hydroxylation is 1. The number of hydrogen-bond acceptors (Lipinski definition) is 2. The van der Waals surface area contributed by atoms with E-state index < -0.39 is 11.9 Å². The highest BCUT2D eigenvalue weighted by Crippen LogP contribution is 2.19. The number of hydrogen-bond donors (Lipinski definition) is 2. The normalized spacial score (nSPS) is 14.2. The Balaban J connectivity index is 2.81. The van der Waals surface area contributed by atoms with Gasteiger partial charge in [0.05, 0.1) is 11.7 Å². The lowest BCUT2D eigenvalue weighted by Gasteiger charge is -2.18. The van der Waals surface area contributed by atoms with E-state index in [4.69, 9.17) is 5.73 Å². The van der Waals surface area contributed by atoms with Crippen molar-refractivity contribution < 1.29 is 9.18 Å². The van der Waals surface area contributed by atoms with Crippen LogP contribution in [0.15, 0.2) is 18.2 Å². The van der Waals surface area contributed by atoms with Gasteiger partial charge in [0.2, 0.25) is 5.91 Å². The SMILES string of the molecule is CCC(C)[C@H](N)C(=O)Nc1c(C)cccc1F. The van der Waals surface area contributed by atoms with Crippen LogP contribution in [0, 0.1) is 18.7 Å². The van der Waals surface area contributed by atoms with Gasteiger partial charge in [-0.2, -0.15) is 0 Å². The van der Waals surface area contributed by atoms with E-state index >= 15 is 0 Å². The Labute approximate surface area is 101 Å². The Hall–Kier alpha value is -1.42. The summed E-state index contributed by atoms with van der Waals surface area (Å²) in [6.07, 6.45) is 0.810. The van der Waals surface area contributed by atoms with Gasteiger partial charge >= 0.3 is 0 Å². The highest BCUT2D eigenvalue weighted by Gasteiger charge is 2.20. The molecule has 2 atom stereocenters. The average Bonchev–Trinajstić information content (AvgIpc) is 2.31. The van der Waals surface area contributed by atoms with Crippen molar-refractivity contribution in [3.8, 4) is 0 Å². The summed E-state index contributed by atoms with van der Waals surface area (Å²) in [5.41, 5.74) is 6.69. The second-order valence-electron chi connectivity index (χ2n) is 4.33. The van der Waals surface area contributed by atoms with Gasteiger partial charge < -0.3 is 11.1 Å². The molecule has 0 saturated carbocycles. The minimum absolute atomic E-state index is 0.0714. The van der Waals surface area contributed by atoms with Gasteiger partial charge in [-0.1, -0.05) is 32.4 Å². The third-order valence-corrected chi connectivity index (χ3v) is 3.03. The summed E-state index contributed by atoms with van der Waals surface area (Å²) in [6, 6.07) is 4.05. The van der Waals surface area contributed by atoms with Crippen LogP contribution in [0.5, 0.6) is 0 Å². The smallest absolute Gasteiger partial charge is 0.241 e. The van der Waals surface area contributed by atoms with E-state index in [0.29, 0.717) is 5.56 Å². The van der Waals surface area contributed by atoms with Gasteiger partial charge in [-0.25, -0.2) is 4.39 Å². The Kier molecular flexibility index (Phi) is 4.63. The number of carbonyl (C=O) groups excluding carboxylic acids is 1. The maximum Gasteiger partial charge on any atom is 0.241 e. The van der Waals surface area contributed by atoms with E-state index in [1.165, 1.54) is 6.07 Å². The summed E-state index contributed by atoms with van der Waals surface area (Å²) in [4.78, 5) is 11.8. The lowest BCUT2D eigenvalue weighted by molar-refractivity contribution is -0.118. The monoisotopic (exact) mass is 238 g/mol. The quantitative estimate of drug-likeness (QED) is 0.846. The van der Waals surface area contributed by atoms with Crippen LogP contribution in [-0.4, -0.2) is 11.9 Å². The van der Waals surface area contributed by atoms with Gasteiger partial charge in [-0.05, 0) is 24.5 Å². The van der Waals surface area contributed by atoms with Crippen LogP contribution in [-0.2, 0) is 4.79 Å². The molecule has 1 amide bonds. The number of halogens is 1. The summed E-state index contributed by atoms with van der Waals surface area (Å²) in [5, 5.41) is 2.55. The molecule has 0 aliphatic rings. The molecule has 0 spiro atoms. The van der Waals surface area contributed by atoms with Crippen molar-refractivity contribution in [1.82, 2.24) is 0 Å². The van der Waals surface area contributed by atoms with E-state index in [1.807, 2.05) is 13.8 Å². The summed E-state index contributed by atoms with van der Waals surface area (Å²) in [7, 11) is 0. The van der Waals surface area contributed by atoms with Crippen LogP contribution < -0.4 is 11.1 Å². The van der Waals surface area contributed by atoms with Gasteiger partial charge in [-0.15, -0.1) is 0 Å². The van der Waals surface area contributed by atoms with Crippen molar-refractivity contribution >= 4 is 11.6 Å². The van der Waals surface area contributed by atoms with Gasteiger partial charge in [0.1, 0.15) is 5.82 Å². The van der Waals surface area contributed by atoms with Crippen molar-refractivity contribution in [2.75, 3.05) is 5.32 Å². The fourth-order valence-electron chi connectivity index (χ4n) is 1.51. The zero-order chi connectivity index (χ0) is 13.0. The number of amides is 1. The predicted octanol–water partition coefficient (Wildman–Crippen LogP) is 2.45. The van der Waals surface area contributed by atoms with Gasteiger partial charge in [0.15, 0.2) is 0 Å². The molecule has 0 bridgehead atoms. The van der Waals surface area contributed by atoms with Crippen LogP contribution in [0.3, 0.4) is 0 Å². The van der Waals surface area contributed by atoms with Crippen LogP contribution >= 0.6 is 0 Å². The fraction of sp³-hybridized carbons (Fsp3) is 0.462. The molecule has 3 N–H and O–H groups in total. The molecule has 17 heavy (non-hydrogen) atoms. The highest BCUT2D eigenvalue weighted by atomic mass is 19.1. The van der Waals surface area contributed by atoms with E-state index in [1.54, 1.807) is 19.1 Å². The summed E-state index contributed by atoms with van der Waals surface area (Å²) in [6.45, 7) is 5.61. The largest absolute Gasteiger partial charge is 0.322 e. The first kappa shape index (κ1) is 13.6. The lowest BCUT2D eigenvalue weighted by atomic mass is 9.99. The number of nitrogens with two attached hydrogens (primary N) is 1. The van der Waals surface area contributed by atoms with Gasteiger partial charge in [0.25, 0.3) is 0 Å². The first-order valence-electron chi connectivity index (χ1n) is 5.79. The van der Waals surface area contributed by atoms with Crippen molar-refractivity contribution in [3.05, 3.63) is 29.6 Å². The molecule has 1 rings (SSSR count). The Morgan fingerprint density at radius 2 is 2.18 bits per heavy atom. The van der Waals surface area contributed by atoms with Crippen molar-refractivity contribution in [2.45, 2.75) is 33.2 Å². The number of rotatable bonds is 4. The minimum Gasteiger partial charge on any atom is -0.322 e.